The number of fused-ring (bicyclic) bond motifs is 1. The van der Waals surface area contributed by atoms with Crippen LogP contribution < -0.4 is 0 Å². The van der Waals surface area contributed by atoms with Crippen LogP contribution in [0.1, 0.15) is 5.82 Å². The SMILES string of the molecule is Cc1nc2cc(S(=O)(=O)C(F)F)ccc2n1C. The molecule has 0 atom stereocenters. The second-order valence-corrected chi connectivity index (χ2v) is 5.59. The minimum Gasteiger partial charge on any atom is -0.331 e. The molecule has 0 aliphatic heterocycles. The fourth-order valence-electron chi connectivity index (χ4n) is 1.58. The van der Waals surface area contributed by atoms with Crippen LogP contribution in [0, 0.1) is 6.92 Å². The lowest BCUT2D eigenvalue weighted by Gasteiger charge is -2.02. The lowest BCUT2D eigenvalue weighted by Crippen LogP contribution is -2.11. The summed E-state index contributed by atoms with van der Waals surface area (Å²) in [6.07, 6.45) is 0. The summed E-state index contributed by atoms with van der Waals surface area (Å²) in [5.41, 5.74) is 1.10. The van der Waals surface area contributed by atoms with E-state index in [0.29, 0.717) is 16.9 Å². The minimum absolute atomic E-state index is 0.395. The Kier molecular flexibility index (Phi) is 2.65. The number of hydrogen-bond donors (Lipinski definition) is 0. The maximum absolute atomic E-state index is 12.4. The number of sulfone groups is 1. The first-order valence-electron chi connectivity index (χ1n) is 4.79. The van der Waals surface area contributed by atoms with Crippen LogP contribution in [0.2, 0.25) is 0 Å². The highest BCUT2D eigenvalue weighted by molar-refractivity contribution is 7.91. The fraction of sp³-hybridized carbons (Fsp3) is 0.300. The smallest absolute Gasteiger partial charge is 0.331 e. The van der Waals surface area contributed by atoms with Crippen molar-refractivity contribution in [3.63, 3.8) is 0 Å². The van der Waals surface area contributed by atoms with Gasteiger partial charge in [-0.05, 0) is 25.1 Å². The maximum Gasteiger partial charge on any atom is 0.341 e. The highest BCUT2D eigenvalue weighted by Crippen LogP contribution is 2.23. The molecule has 0 aliphatic carbocycles. The molecule has 0 fully saturated rings. The van der Waals surface area contributed by atoms with Crippen LogP contribution >= 0.6 is 0 Å². The van der Waals surface area contributed by atoms with Crippen molar-refractivity contribution in [3.05, 3.63) is 24.0 Å². The van der Waals surface area contributed by atoms with Crippen LogP contribution in [0.5, 0.6) is 0 Å². The highest BCUT2D eigenvalue weighted by atomic mass is 32.2. The Balaban J connectivity index is 2.68. The third-order valence-corrected chi connectivity index (χ3v) is 4.02. The molecule has 2 rings (SSSR count). The third-order valence-electron chi connectivity index (χ3n) is 2.64. The van der Waals surface area contributed by atoms with Gasteiger partial charge in [-0.15, -0.1) is 0 Å². The Morgan fingerprint density at radius 2 is 2.00 bits per heavy atom. The average Bonchev–Trinajstić information content (AvgIpc) is 2.54. The van der Waals surface area contributed by atoms with E-state index in [1.807, 2.05) is 0 Å². The van der Waals surface area contributed by atoms with Gasteiger partial charge in [0.05, 0.1) is 15.9 Å². The number of hydrogen-bond acceptors (Lipinski definition) is 3. The third kappa shape index (κ3) is 1.80. The molecule has 0 spiro atoms. The van der Waals surface area contributed by atoms with Gasteiger partial charge in [0.25, 0.3) is 0 Å². The average molecular weight is 260 g/mol. The van der Waals surface area contributed by atoms with Crippen molar-refractivity contribution in [1.82, 2.24) is 9.55 Å². The van der Waals surface area contributed by atoms with E-state index in [1.165, 1.54) is 18.2 Å². The second-order valence-electron chi connectivity index (χ2n) is 3.67. The zero-order valence-corrected chi connectivity index (χ0v) is 10.0. The fourth-order valence-corrected chi connectivity index (χ4v) is 2.32. The van der Waals surface area contributed by atoms with Crippen molar-refractivity contribution in [1.29, 1.82) is 0 Å². The van der Waals surface area contributed by atoms with E-state index in [2.05, 4.69) is 4.98 Å². The monoisotopic (exact) mass is 260 g/mol. The molecule has 0 bridgehead atoms. The van der Waals surface area contributed by atoms with Crippen LogP contribution in [0.3, 0.4) is 0 Å². The van der Waals surface area contributed by atoms with E-state index in [4.69, 9.17) is 0 Å². The number of aryl methyl sites for hydroxylation is 2. The number of aromatic nitrogens is 2. The van der Waals surface area contributed by atoms with Gasteiger partial charge in [-0.25, -0.2) is 13.4 Å². The van der Waals surface area contributed by atoms with Crippen LogP contribution in [0.25, 0.3) is 11.0 Å². The van der Waals surface area contributed by atoms with Crippen molar-refractivity contribution < 1.29 is 17.2 Å². The number of imidazole rings is 1. The van der Waals surface area contributed by atoms with E-state index in [1.54, 1.807) is 18.5 Å². The summed E-state index contributed by atoms with van der Waals surface area (Å²) in [5.74, 6) is -2.73. The molecule has 7 heteroatoms. The van der Waals surface area contributed by atoms with Gasteiger partial charge in [0, 0.05) is 7.05 Å². The molecule has 1 aromatic heterocycles. The zero-order chi connectivity index (χ0) is 12.8. The summed E-state index contributed by atoms with van der Waals surface area (Å²) in [7, 11) is -2.78. The molecule has 0 unspecified atom stereocenters. The summed E-state index contributed by atoms with van der Waals surface area (Å²) in [4.78, 5) is 3.70. The van der Waals surface area contributed by atoms with Gasteiger partial charge in [-0.1, -0.05) is 0 Å². The van der Waals surface area contributed by atoms with Crippen molar-refractivity contribution in [3.8, 4) is 0 Å². The van der Waals surface area contributed by atoms with Crippen molar-refractivity contribution in [2.24, 2.45) is 7.05 Å². The molecule has 0 aliphatic rings. The standard InChI is InChI=1S/C10H10F2N2O2S/c1-6-13-8-5-7(17(15,16)10(11)12)3-4-9(8)14(6)2/h3-5,10H,1-2H3. The van der Waals surface area contributed by atoms with E-state index in [0.717, 1.165) is 0 Å². The predicted octanol–water partition coefficient (Wildman–Crippen LogP) is 1.88. The molecule has 92 valence electrons. The summed E-state index contributed by atoms with van der Waals surface area (Å²) in [6, 6.07) is 3.82. The highest BCUT2D eigenvalue weighted by Gasteiger charge is 2.27. The minimum atomic E-state index is -4.55. The van der Waals surface area contributed by atoms with Crippen LogP contribution in [0.15, 0.2) is 23.1 Å². The molecule has 0 amide bonds. The summed E-state index contributed by atoms with van der Waals surface area (Å²) >= 11 is 0. The lowest BCUT2D eigenvalue weighted by atomic mass is 10.3. The van der Waals surface area contributed by atoms with Crippen molar-refractivity contribution >= 4 is 20.9 Å². The van der Waals surface area contributed by atoms with E-state index in [9.17, 15) is 17.2 Å². The summed E-state index contributed by atoms with van der Waals surface area (Å²) < 4.78 is 49.1. The Labute approximate surface area is 96.8 Å². The van der Waals surface area contributed by atoms with Crippen LogP contribution in [-0.2, 0) is 16.9 Å². The van der Waals surface area contributed by atoms with Crippen LogP contribution in [-0.4, -0.2) is 23.7 Å². The molecule has 2 aromatic rings. The quantitative estimate of drug-likeness (QED) is 0.828. The van der Waals surface area contributed by atoms with Crippen molar-refractivity contribution in [2.45, 2.75) is 17.6 Å². The van der Waals surface area contributed by atoms with Gasteiger partial charge in [0.1, 0.15) is 5.82 Å². The van der Waals surface area contributed by atoms with Crippen molar-refractivity contribution in [2.75, 3.05) is 0 Å². The number of halogens is 2. The number of alkyl halides is 2. The van der Waals surface area contributed by atoms with Gasteiger partial charge in [0.15, 0.2) is 0 Å². The van der Waals surface area contributed by atoms with E-state index in [-0.39, 0.29) is 0 Å². The molecule has 0 saturated carbocycles. The van der Waals surface area contributed by atoms with Gasteiger partial charge in [-0.2, -0.15) is 8.78 Å². The molecular weight excluding hydrogens is 250 g/mol. The van der Waals surface area contributed by atoms with E-state index < -0.39 is 20.5 Å². The Morgan fingerprint density at radius 1 is 1.35 bits per heavy atom. The largest absolute Gasteiger partial charge is 0.341 e. The predicted molar refractivity (Wildman–Crippen MR) is 58.6 cm³/mol. The first kappa shape index (κ1) is 12.0. The molecule has 1 aromatic carbocycles. The first-order valence-corrected chi connectivity index (χ1v) is 6.34. The first-order chi connectivity index (χ1) is 7.84. The second kappa shape index (κ2) is 3.76. The van der Waals surface area contributed by atoms with Gasteiger partial charge in [0.2, 0.25) is 9.84 Å². The Bertz CT molecular complexity index is 677. The topological polar surface area (TPSA) is 52.0 Å². The lowest BCUT2D eigenvalue weighted by molar-refractivity contribution is 0.235. The summed E-state index contributed by atoms with van der Waals surface area (Å²) in [5, 5.41) is 0. The summed E-state index contributed by atoms with van der Waals surface area (Å²) in [6.45, 7) is 1.75. The zero-order valence-electron chi connectivity index (χ0n) is 9.18. The number of nitrogens with zero attached hydrogens (tertiary/aromatic N) is 2. The number of rotatable bonds is 2. The van der Waals surface area contributed by atoms with Gasteiger partial charge in [-0.3, -0.25) is 0 Å². The molecule has 4 nitrogen and oxygen atoms in total. The molecule has 0 saturated heterocycles. The molecule has 0 N–H and O–H groups in total. The Morgan fingerprint density at radius 3 is 2.59 bits per heavy atom. The van der Waals surface area contributed by atoms with Gasteiger partial charge >= 0.3 is 5.76 Å². The molecule has 17 heavy (non-hydrogen) atoms. The van der Waals surface area contributed by atoms with Crippen LogP contribution in [0.4, 0.5) is 8.78 Å². The molecule has 1 heterocycles. The molecule has 0 radical (unpaired) electrons. The molecular formula is C10H10F2N2O2S. The number of benzene rings is 1. The normalized spacial score (nSPS) is 12.5. The van der Waals surface area contributed by atoms with Gasteiger partial charge < -0.3 is 4.57 Å². The maximum atomic E-state index is 12.4. The Hall–Kier alpha value is -1.50. The van der Waals surface area contributed by atoms with E-state index >= 15 is 0 Å².